The summed E-state index contributed by atoms with van der Waals surface area (Å²) in [6.45, 7) is 1.82. The molecule has 2 aromatic rings. The molecule has 1 aliphatic rings. The first-order chi connectivity index (χ1) is 7.43. The van der Waals surface area contributed by atoms with Crippen molar-refractivity contribution in [1.29, 1.82) is 0 Å². The zero-order valence-corrected chi connectivity index (χ0v) is 8.23. The number of furan rings is 1. The minimum Gasteiger partial charge on any atom is -0.456 e. The maximum absolute atomic E-state index is 5.70. The van der Waals surface area contributed by atoms with E-state index in [9.17, 15) is 0 Å². The molecule has 3 rings (SSSR count). The maximum Gasteiger partial charge on any atom is 0.195 e. The van der Waals surface area contributed by atoms with E-state index >= 15 is 0 Å². The van der Waals surface area contributed by atoms with Gasteiger partial charge in [0.1, 0.15) is 5.76 Å². The minimum absolute atomic E-state index is 0.659. The van der Waals surface area contributed by atoms with Gasteiger partial charge >= 0.3 is 0 Å². The topological polar surface area (TPSA) is 51.0 Å². The fourth-order valence-corrected chi connectivity index (χ4v) is 1.79. The molecule has 1 N–H and O–H groups in total. The van der Waals surface area contributed by atoms with Gasteiger partial charge in [-0.15, -0.1) is 0 Å². The van der Waals surface area contributed by atoms with Crippen LogP contribution in [0.4, 0.5) is 0 Å². The molecule has 0 spiro atoms. The molecule has 0 aromatic carbocycles. The van der Waals surface area contributed by atoms with Gasteiger partial charge in [0.2, 0.25) is 0 Å². The number of rotatable bonds is 1. The Morgan fingerprint density at radius 3 is 2.93 bits per heavy atom. The SMILES string of the molecule is c1cnc(-c2cc3c(o2)CNCC3)nc1. The Labute approximate surface area is 87.4 Å². The number of aromatic nitrogens is 2. The van der Waals surface area contributed by atoms with Crippen LogP contribution in [0.3, 0.4) is 0 Å². The lowest BCUT2D eigenvalue weighted by Crippen LogP contribution is -2.22. The van der Waals surface area contributed by atoms with E-state index in [0.717, 1.165) is 31.0 Å². The molecule has 3 heterocycles. The summed E-state index contributed by atoms with van der Waals surface area (Å²) in [5.74, 6) is 2.44. The number of nitrogens with one attached hydrogen (secondary N) is 1. The van der Waals surface area contributed by atoms with Crippen molar-refractivity contribution >= 4 is 0 Å². The second-order valence-corrected chi connectivity index (χ2v) is 3.56. The second-order valence-electron chi connectivity index (χ2n) is 3.56. The molecule has 0 saturated carbocycles. The van der Waals surface area contributed by atoms with E-state index < -0.39 is 0 Å². The summed E-state index contributed by atoms with van der Waals surface area (Å²) >= 11 is 0. The largest absolute Gasteiger partial charge is 0.456 e. The van der Waals surface area contributed by atoms with Crippen LogP contribution in [0.5, 0.6) is 0 Å². The van der Waals surface area contributed by atoms with E-state index in [1.807, 2.05) is 6.07 Å². The van der Waals surface area contributed by atoms with Crippen LogP contribution in [0.1, 0.15) is 11.3 Å². The Hall–Kier alpha value is -1.68. The summed E-state index contributed by atoms with van der Waals surface area (Å²) in [4.78, 5) is 8.33. The van der Waals surface area contributed by atoms with Crippen LogP contribution >= 0.6 is 0 Å². The third-order valence-corrected chi connectivity index (χ3v) is 2.54. The molecule has 0 atom stereocenters. The molecule has 4 nitrogen and oxygen atoms in total. The number of nitrogens with zero attached hydrogens (tertiary/aromatic N) is 2. The molecule has 76 valence electrons. The first-order valence-corrected chi connectivity index (χ1v) is 5.03. The summed E-state index contributed by atoms with van der Waals surface area (Å²) in [6.07, 6.45) is 4.47. The minimum atomic E-state index is 0.659. The van der Waals surface area contributed by atoms with Crippen molar-refractivity contribution in [1.82, 2.24) is 15.3 Å². The number of hydrogen-bond donors (Lipinski definition) is 1. The summed E-state index contributed by atoms with van der Waals surface area (Å²) in [5.41, 5.74) is 1.27. The zero-order valence-electron chi connectivity index (χ0n) is 8.23. The standard InChI is InChI=1S/C11H11N3O/c1-3-13-11(14-4-1)9-6-8-2-5-12-7-10(8)15-9/h1,3-4,6,12H,2,5,7H2. The third kappa shape index (κ3) is 1.53. The van der Waals surface area contributed by atoms with Crippen molar-refractivity contribution in [3.05, 3.63) is 35.9 Å². The van der Waals surface area contributed by atoms with Gasteiger partial charge in [-0.1, -0.05) is 0 Å². The molecule has 1 aliphatic heterocycles. The molecule has 4 heteroatoms. The lowest BCUT2D eigenvalue weighted by molar-refractivity contribution is 0.470. The highest BCUT2D eigenvalue weighted by Gasteiger charge is 2.16. The van der Waals surface area contributed by atoms with Gasteiger partial charge < -0.3 is 9.73 Å². The first kappa shape index (κ1) is 8.61. The van der Waals surface area contributed by atoms with E-state index in [2.05, 4.69) is 15.3 Å². The molecule has 2 aromatic heterocycles. The van der Waals surface area contributed by atoms with Crippen molar-refractivity contribution in [3.63, 3.8) is 0 Å². The van der Waals surface area contributed by atoms with Gasteiger partial charge in [0.05, 0.1) is 6.54 Å². The smallest absolute Gasteiger partial charge is 0.195 e. The van der Waals surface area contributed by atoms with Crippen molar-refractivity contribution in [2.75, 3.05) is 6.54 Å². The van der Waals surface area contributed by atoms with Gasteiger partial charge in [-0.3, -0.25) is 0 Å². The van der Waals surface area contributed by atoms with Crippen LogP contribution in [0, 0.1) is 0 Å². The Morgan fingerprint density at radius 1 is 1.27 bits per heavy atom. The van der Waals surface area contributed by atoms with Crippen LogP contribution in [-0.4, -0.2) is 16.5 Å². The van der Waals surface area contributed by atoms with Crippen LogP contribution in [-0.2, 0) is 13.0 Å². The Morgan fingerprint density at radius 2 is 2.13 bits per heavy atom. The van der Waals surface area contributed by atoms with Crippen LogP contribution in [0.15, 0.2) is 28.9 Å². The molecular formula is C11H11N3O. The predicted octanol–water partition coefficient (Wildman–Crippen LogP) is 1.38. The van der Waals surface area contributed by atoms with Crippen molar-refractivity contribution in [2.24, 2.45) is 0 Å². The molecule has 0 unspecified atom stereocenters. The highest BCUT2D eigenvalue weighted by molar-refractivity contribution is 5.49. The van der Waals surface area contributed by atoms with Crippen LogP contribution in [0.2, 0.25) is 0 Å². The van der Waals surface area contributed by atoms with Crippen LogP contribution in [0.25, 0.3) is 11.6 Å². The Balaban J connectivity index is 2.03. The molecule has 15 heavy (non-hydrogen) atoms. The molecule has 0 saturated heterocycles. The monoisotopic (exact) mass is 201 g/mol. The second kappa shape index (κ2) is 3.47. The molecule has 0 bridgehead atoms. The molecule has 0 amide bonds. The summed E-state index contributed by atoms with van der Waals surface area (Å²) < 4.78 is 5.70. The normalized spacial score (nSPS) is 14.9. The molecular weight excluding hydrogens is 190 g/mol. The fraction of sp³-hybridized carbons (Fsp3) is 0.273. The van der Waals surface area contributed by atoms with E-state index in [0.29, 0.717) is 5.82 Å². The number of hydrogen-bond acceptors (Lipinski definition) is 4. The quantitative estimate of drug-likeness (QED) is 0.757. The fourth-order valence-electron chi connectivity index (χ4n) is 1.79. The zero-order chi connectivity index (χ0) is 10.1. The van der Waals surface area contributed by atoms with Gasteiger partial charge in [-0.25, -0.2) is 9.97 Å². The van der Waals surface area contributed by atoms with Gasteiger partial charge in [0, 0.05) is 12.4 Å². The first-order valence-electron chi connectivity index (χ1n) is 5.03. The maximum atomic E-state index is 5.70. The summed E-state index contributed by atoms with van der Waals surface area (Å²) in [5, 5.41) is 3.27. The van der Waals surface area contributed by atoms with Gasteiger partial charge in [-0.05, 0) is 30.7 Å². The summed E-state index contributed by atoms with van der Waals surface area (Å²) in [7, 11) is 0. The van der Waals surface area contributed by atoms with E-state index in [-0.39, 0.29) is 0 Å². The van der Waals surface area contributed by atoms with E-state index in [1.165, 1.54) is 5.56 Å². The third-order valence-electron chi connectivity index (χ3n) is 2.54. The Bertz CT molecular complexity index is 440. The van der Waals surface area contributed by atoms with Crippen molar-refractivity contribution < 1.29 is 4.42 Å². The van der Waals surface area contributed by atoms with Crippen LogP contribution < -0.4 is 5.32 Å². The lowest BCUT2D eigenvalue weighted by atomic mass is 10.1. The van der Waals surface area contributed by atoms with Crippen molar-refractivity contribution in [2.45, 2.75) is 13.0 Å². The Kier molecular flexibility index (Phi) is 1.99. The number of fused-ring (bicyclic) bond motifs is 1. The summed E-state index contributed by atoms with van der Waals surface area (Å²) in [6, 6.07) is 3.85. The van der Waals surface area contributed by atoms with Gasteiger partial charge in [-0.2, -0.15) is 0 Å². The average molecular weight is 201 g/mol. The van der Waals surface area contributed by atoms with Gasteiger partial charge in [0.25, 0.3) is 0 Å². The van der Waals surface area contributed by atoms with E-state index in [4.69, 9.17) is 4.42 Å². The van der Waals surface area contributed by atoms with Crippen molar-refractivity contribution in [3.8, 4) is 11.6 Å². The lowest BCUT2D eigenvalue weighted by Gasteiger charge is -2.09. The predicted molar refractivity (Wildman–Crippen MR) is 55.1 cm³/mol. The van der Waals surface area contributed by atoms with E-state index in [1.54, 1.807) is 18.5 Å². The molecule has 0 fully saturated rings. The highest BCUT2D eigenvalue weighted by atomic mass is 16.3. The molecule has 0 aliphatic carbocycles. The average Bonchev–Trinajstić information content (AvgIpc) is 2.74. The molecule has 0 radical (unpaired) electrons. The highest BCUT2D eigenvalue weighted by Crippen LogP contribution is 2.24. The van der Waals surface area contributed by atoms with Gasteiger partial charge in [0.15, 0.2) is 11.6 Å².